The van der Waals surface area contributed by atoms with Crippen molar-refractivity contribution >= 4 is 11.4 Å². The van der Waals surface area contributed by atoms with Crippen molar-refractivity contribution in [3.05, 3.63) is 33.9 Å². The van der Waals surface area contributed by atoms with E-state index in [1.54, 1.807) is 12.1 Å². The highest BCUT2D eigenvalue weighted by molar-refractivity contribution is 5.61. The average Bonchev–Trinajstić information content (AvgIpc) is 2.77. The molecule has 0 saturated carbocycles. The van der Waals surface area contributed by atoms with Crippen molar-refractivity contribution in [2.24, 2.45) is 11.7 Å². The normalized spacial score (nSPS) is 19.6. The molecule has 1 aliphatic rings. The summed E-state index contributed by atoms with van der Waals surface area (Å²) in [5, 5.41) is 10.9. The molecular weight excluding hydrogens is 218 g/mol. The first-order chi connectivity index (χ1) is 8.13. The van der Waals surface area contributed by atoms with E-state index in [1.165, 1.54) is 0 Å². The number of rotatable bonds is 3. The topological polar surface area (TPSA) is 72.4 Å². The molecular formula is C12H17N3O2. The molecule has 92 valence electrons. The van der Waals surface area contributed by atoms with Crippen LogP contribution in [0, 0.1) is 23.0 Å². The molecule has 1 aliphatic heterocycles. The first-order valence-corrected chi connectivity index (χ1v) is 5.82. The quantitative estimate of drug-likeness (QED) is 0.639. The van der Waals surface area contributed by atoms with Crippen LogP contribution >= 0.6 is 0 Å². The highest BCUT2D eigenvalue weighted by atomic mass is 16.6. The van der Waals surface area contributed by atoms with Crippen LogP contribution in [0.25, 0.3) is 0 Å². The molecule has 5 nitrogen and oxygen atoms in total. The lowest BCUT2D eigenvalue weighted by Crippen LogP contribution is -2.23. The van der Waals surface area contributed by atoms with Gasteiger partial charge in [0.2, 0.25) is 0 Å². The Balaban J connectivity index is 2.28. The Bertz CT molecular complexity index is 434. The third kappa shape index (κ3) is 2.24. The van der Waals surface area contributed by atoms with Gasteiger partial charge in [-0.1, -0.05) is 6.07 Å². The van der Waals surface area contributed by atoms with Gasteiger partial charge in [-0.2, -0.15) is 0 Å². The second kappa shape index (κ2) is 4.71. The predicted octanol–water partition coefficient (Wildman–Crippen LogP) is 1.69. The minimum Gasteiger partial charge on any atom is -0.371 e. The van der Waals surface area contributed by atoms with E-state index in [9.17, 15) is 10.1 Å². The van der Waals surface area contributed by atoms with Gasteiger partial charge in [-0.3, -0.25) is 10.1 Å². The fourth-order valence-electron chi connectivity index (χ4n) is 2.40. The van der Waals surface area contributed by atoms with E-state index in [1.807, 2.05) is 13.0 Å². The van der Waals surface area contributed by atoms with Gasteiger partial charge in [-0.15, -0.1) is 0 Å². The molecule has 1 aromatic carbocycles. The van der Waals surface area contributed by atoms with Crippen molar-refractivity contribution < 1.29 is 4.92 Å². The molecule has 5 heteroatoms. The van der Waals surface area contributed by atoms with Crippen LogP contribution in [0.1, 0.15) is 12.0 Å². The summed E-state index contributed by atoms with van der Waals surface area (Å²) >= 11 is 0. The highest BCUT2D eigenvalue weighted by Gasteiger charge is 2.24. The molecule has 1 aromatic rings. The zero-order valence-corrected chi connectivity index (χ0v) is 9.93. The van der Waals surface area contributed by atoms with Gasteiger partial charge in [0.25, 0.3) is 5.69 Å². The van der Waals surface area contributed by atoms with Gasteiger partial charge in [0.15, 0.2) is 0 Å². The van der Waals surface area contributed by atoms with Crippen LogP contribution in [0.5, 0.6) is 0 Å². The van der Waals surface area contributed by atoms with Gasteiger partial charge in [0.1, 0.15) is 0 Å². The van der Waals surface area contributed by atoms with Crippen LogP contribution in [-0.4, -0.2) is 24.6 Å². The molecule has 1 unspecified atom stereocenters. The summed E-state index contributed by atoms with van der Waals surface area (Å²) in [7, 11) is 0. The monoisotopic (exact) mass is 235 g/mol. The summed E-state index contributed by atoms with van der Waals surface area (Å²) in [5.41, 5.74) is 7.56. The van der Waals surface area contributed by atoms with Crippen molar-refractivity contribution in [2.75, 3.05) is 24.5 Å². The van der Waals surface area contributed by atoms with Crippen LogP contribution < -0.4 is 10.6 Å². The second-order valence-corrected chi connectivity index (χ2v) is 4.51. The molecule has 0 aliphatic carbocycles. The summed E-state index contributed by atoms with van der Waals surface area (Å²) in [6, 6.07) is 5.24. The van der Waals surface area contributed by atoms with Crippen molar-refractivity contribution in [3.63, 3.8) is 0 Å². The zero-order valence-electron chi connectivity index (χ0n) is 9.93. The maximum Gasteiger partial charge on any atom is 0.274 e. The lowest BCUT2D eigenvalue weighted by molar-refractivity contribution is -0.385. The van der Waals surface area contributed by atoms with Crippen molar-refractivity contribution in [1.29, 1.82) is 0 Å². The maximum absolute atomic E-state index is 10.9. The second-order valence-electron chi connectivity index (χ2n) is 4.51. The van der Waals surface area contributed by atoms with Crippen LogP contribution in [0.4, 0.5) is 11.4 Å². The smallest absolute Gasteiger partial charge is 0.274 e. The SMILES string of the molecule is Cc1c(N2CCC(CN)C2)cccc1[N+](=O)[O-]. The Morgan fingerprint density at radius 2 is 2.35 bits per heavy atom. The minimum atomic E-state index is -0.324. The molecule has 0 radical (unpaired) electrons. The molecule has 17 heavy (non-hydrogen) atoms. The third-order valence-corrected chi connectivity index (χ3v) is 3.43. The molecule has 0 bridgehead atoms. The van der Waals surface area contributed by atoms with E-state index in [0.29, 0.717) is 12.5 Å². The van der Waals surface area contributed by atoms with Crippen LogP contribution in [0.15, 0.2) is 18.2 Å². The molecule has 1 saturated heterocycles. The van der Waals surface area contributed by atoms with Crippen molar-refractivity contribution in [1.82, 2.24) is 0 Å². The summed E-state index contributed by atoms with van der Waals surface area (Å²) in [5.74, 6) is 0.508. The van der Waals surface area contributed by atoms with Crippen LogP contribution in [-0.2, 0) is 0 Å². The summed E-state index contributed by atoms with van der Waals surface area (Å²) in [4.78, 5) is 12.7. The minimum absolute atomic E-state index is 0.193. The van der Waals surface area contributed by atoms with E-state index < -0.39 is 0 Å². The number of hydrogen-bond donors (Lipinski definition) is 1. The molecule has 1 fully saturated rings. The molecule has 2 rings (SSSR count). The van der Waals surface area contributed by atoms with E-state index in [0.717, 1.165) is 30.8 Å². The zero-order chi connectivity index (χ0) is 12.4. The lowest BCUT2D eigenvalue weighted by atomic mass is 10.1. The van der Waals surface area contributed by atoms with Gasteiger partial charge in [-0.05, 0) is 31.9 Å². The van der Waals surface area contributed by atoms with E-state index in [2.05, 4.69) is 4.90 Å². The van der Waals surface area contributed by atoms with Gasteiger partial charge in [0, 0.05) is 24.8 Å². The average molecular weight is 235 g/mol. The number of benzene rings is 1. The fraction of sp³-hybridized carbons (Fsp3) is 0.500. The van der Waals surface area contributed by atoms with Gasteiger partial charge in [0.05, 0.1) is 10.5 Å². The number of nitro benzene ring substituents is 1. The number of anilines is 1. The fourth-order valence-corrected chi connectivity index (χ4v) is 2.40. The molecule has 0 aromatic heterocycles. The summed E-state index contributed by atoms with van der Waals surface area (Å²) in [6.45, 7) is 4.33. The van der Waals surface area contributed by atoms with E-state index in [4.69, 9.17) is 5.73 Å². The first kappa shape index (κ1) is 11.9. The van der Waals surface area contributed by atoms with Crippen molar-refractivity contribution in [2.45, 2.75) is 13.3 Å². The van der Waals surface area contributed by atoms with Crippen molar-refractivity contribution in [3.8, 4) is 0 Å². The van der Waals surface area contributed by atoms with Crippen LogP contribution in [0.3, 0.4) is 0 Å². The lowest BCUT2D eigenvalue weighted by Gasteiger charge is -2.20. The largest absolute Gasteiger partial charge is 0.371 e. The molecule has 0 amide bonds. The number of nitrogens with zero attached hydrogens (tertiary/aromatic N) is 2. The van der Waals surface area contributed by atoms with E-state index in [-0.39, 0.29) is 10.6 Å². The third-order valence-electron chi connectivity index (χ3n) is 3.43. The number of hydrogen-bond acceptors (Lipinski definition) is 4. The predicted molar refractivity (Wildman–Crippen MR) is 67.2 cm³/mol. The number of nitrogens with two attached hydrogens (primary N) is 1. The maximum atomic E-state index is 10.9. The van der Waals surface area contributed by atoms with Gasteiger partial charge in [-0.25, -0.2) is 0 Å². The Morgan fingerprint density at radius 3 is 2.94 bits per heavy atom. The Kier molecular flexibility index (Phi) is 3.28. The Hall–Kier alpha value is -1.62. The molecule has 1 heterocycles. The number of nitro groups is 1. The Labute approximate surface area is 100 Å². The summed E-state index contributed by atoms with van der Waals surface area (Å²) < 4.78 is 0. The first-order valence-electron chi connectivity index (χ1n) is 5.82. The summed E-state index contributed by atoms with van der Waals surface area (Å²) in [6.07, 6.45) is 1.07. The standard InChI is InChI=1S/C12H17N3O2/c1-9-11(3-2-4-12(9)15(16)17)14-6-5-10(7-13)8-14/h2-4,10H,5-8,13H2,1H3. The molecule has 1 atom stereocenters. The highest BCUT2D eigenvalue weighted by Crippen LogP contribution is 2.31. The molecule has 2 N–H and O–H groups in total. The van der Waals surface area contributed by atoms with Gasteiger partial charge < -0.3 is 10.6 Å². The van der Waals surface area contributed by atoms with Crippen LogP contribution in [0.2, 0.25) is 0 Å². The van der Waals surface area contributed by atoms with Gasteiger partial charge >= 0.3 is 0 Å². The van der Waals surface area contributed by atoms with E-state index >= 15 is 0 Å². The molecule has 0 spiro atoms. The Morgan fingerprint density at radius 1 is 1.59 bits per heavy atom.